The molecule has 1 nitrogen and oxygen atoms in total. The van der Waals surface area contributed by atoms with E-state index in [0.717, 1.165) is 17.8 Å². The summed E-state index contributed by atoms with van der Waals surface area (Å²) in [5.41, 5.74) is 4.58. The third-order valence-electron chi connectivity index (χ3n) is 4.82. The van der Waals surface area contributed by atoms with Gasteiger partial charge in [-0.3, -0.25) is 0 Å². The van der Waals surface area contributed by atoms with Gasteiger partial charge in [0.05, 0.1) is 0 Å². The minimum atomic E-state index is 0.606. The normalized spacial score (nSPS) is 22.7. The maximum atomic E-state index is 2.39. The first-order chi connectivity index (χ1) is 9.00. The highest BCUT2D eigenvalue weighted by atomic mass is 14.9. The number of aromatic nitrogens is 1. The van der Waals surface area contributed by atoms with E-state index in [0.29, 0.717) is 5.92 Å². The third-order valence-corrected chi connectivity index (χ3v) is 4.82. The highest BCUT2D eigenvalue weighted by Crippen LogP contribution is 2.54. The van der Waals surface area contributed by atoms with Crippen LogP contribution >= 0.6 is 0 Å². The average molecular weight is 255 g/mol. The van der Waals surface area contributed by atoms with E-state index in [-0.39, 0.29) is 0 Å². The van der Waals surface area contributed by atoms with Crippen LogP contribution in [-0.2, 0) is 7.05 Å². The van der Waals surface area contributed by atoms with Crippen LogP contribution in [0.25, 0.3) is 10.9 Å². The van der Waals surface area contributed by atoms with Crippen molar-refractivity contribution < 1.29 is 0 Å². The van der Waals surface area contributed by atoms with Crippen LogP contribution in [0.2, 0.25) is 0 Å². The Kier molecular flexibility index (Phi) is 2.96. The zero-order valence-corrected chi connectivity index (χ0v) is 12.8. The lowest BCUT2D eigenvalue weighted by atomic mass is 9.89. The van der Waals surface area contributed by atoms with Crippen molar-refractivity contribution in [2.24, 2.45) is 18.9 Å². The minimum absolute atomic E-state index is 0.606. The van der Waals surface area contributed by atoms with E-state index in [1.807, 2.05) is 0 Å². The van der Waals surface area contributed by atoms with Crippen LogP contribution in [0.15, 0.2) is 24.4 Å². The lowest BCUT2D eigenvalue weighted by molar-refractivity contribution is 0.547. The Bertz CT molecular complexity index is 603. The van der Waals surface area contributed by atoms with Crippen LogP contribution in [0.3, 0.4) is 0 Å². The second kappa shape index (κ2) is 4.40. The number of fused-ring (bicyclic) bond motifs is 1. The lowest BCUT2D eigenvalue weighted by Crippen LogP contribution is -2.00. The summed E-state index contributed by atoms with van der Waals surface area (Å²) in [4.78, 5) is 0. The van der Waals surface area contributed by atoms with Crippen LogP contribution < -0.4 is 0 Å². The molecule has 1 saturated carbocycles. The molecule has 0 N–H and O–H groups in total. The van der Waals surface area contributed by atoms with Gasteiger partial charge in [-0.15, -0.1) is 0 Å². The van der Waals surface area contributed by atoms with Crippen molar-refractivity contribution in [3.63, 3.8) is 0 Å². The van der Waals surface area contributed by atoms with Gasteiger partial charge in [-0.25, -0.2) is 0 Å². The summed E-state index contributed by atoms with van der Waals surface area (Å²) in [6.07, 6.45) is 3.57. The van der Waals surface area contributed by atoms with Gasteiger partial charge in [0.1, 0.15) is 0 Å². The molecule has 1 aromatic heterocycles. The molecule has 0 aliphatic heterocycles. The standard InChI is InChI=1S/C18H25N/c1-11(2)15-10-16(15)13-6-7-17-14(8-9-19(17)5)18(13)12(3)4/h6-9,11-12,15-16H,10H2,1-5H3. The molecule has 2 aromatic rings. The summed E-state index contributed by atoms with van der Waals surface area (Å²) in [5.74, 6) is 3.13. The molecular weight excluding hydrogens is 230 g/mol. The Morgan fingerprint density at radius 3 is 2.42 bits per heavy atom. The summed E-state index contributed by atoms with van der Waals surface area (Å²) >= 11 is 0. The molecule has 3 rings (SSSR count). The summed E-state index contributed by atoms with van der Waals surface area (Å²) in [7, 11) is 2.14. The Balaban J connectivity index is 2.12. The van der Waals surface area contributed by atoms with Gasteiger partial charge in [-0.05, 0) is 53.4 Å². The zero-order valence-electron chi connectivity index (χ0n) is 12.8. The third kappa shape index (κ3) is 2.00. The molecule has 1 fully saturated rings. The van der Waals surface area contributed by atoms with Crippen molar-refractivity contribution in [1.29, 1.82) is 0 Å². The minimum Gasteiger partial charge on any atom is -0.351 e. The van der Waals surface area contributed by atoms with Gasteiger partial charge in [0.2, 0.25) is 0 Å². The topological polar surface area (TPSA) is 4.93 Å². The Hall–Kier alpha value is -1.24. The largest absolute Gasteiger partial charge is 0.351 e. The first-order valence-electron chi connectivity index (χ1n) is 7.58. The number of nitrogens with zero attached hydrogens (tertiary/aromatic N) is 1. The Morgan fingerprint density at radius 2 is 1.84 bits per heavy atom. The van der Waals surface area contributed by atoms with Gasteiger partial charge in [-0.2, -0.15) is 0 Å². The second-order valence-corrected chi connectivity index (χ2v) is 6.83. The van der Waals surface area contributed by atoms with E-state index in [2.05, 4.69) is 63.7 Å². The molecular formula is C18H25N. The van der Waals surface area contributed by atoms with Crippen molar-refractivity contribution in [3.8, 4) is 0 Å². The lowest BCUT2D eigenvalue weighted by Gasteiger charge is -2.16. The Labute approximate surface area is 116 Å². The van der Waals surface area contributed by atoms with Crippen LogP contribution in [0.5, 0.6) is 0 Å². The SMILES string of the molecule is CC(C)c1c(C2CC2C(C)C)ccc2c1ccn2C. The van der Waals surface area contributed by atoms with E-state index in [1.165, 1.54) is 17.3 Å². The summed E-state index contributed by atoms with van der Waals surface area (Å²) < 4.78 is 2.23. The molecule has 0 spiro atoms. The van der Waals surface area contributed by atoms with Gasteiger partial charge in [0.25, 0.3) is 0 Å². The molecule has 1 aromatic carbocycles. The molecule has 1 aliphatic carbocycles. The number of aryl methyl sites for hydroxylation is 1. The van der Waals surface area contributed by atoms with Gasteiger partial charge < -0.3 is 4.57 Å². The fourth-order valence-electron chi connectivity index (χ4n) is 3.67. The van der Waals surface area contributed by atoms with E-state index in [1.54, 1.807) is 11.1 Å². The fraction of sp³-hybridized carbons (Fsp3) is 0.556. The monoisotopic (exact) mass is 255 g/mol. The van der Waals surface area contributed by atoms with Gasteiger partial charge in [-0.1, -0.05) is 33.8 Å². The quantitative estimate of drug-likeness (QED) is 0.722. The average Bonchev–Trinajstić information content (AvgIpc) is 3.07. The first-order valence-corrected chi connectivity index (χ1v) is 7.58. The zero-order chi connectivity index (χ0) is 13.7. The molecule has 0 bridgehead atoms. The van der Waals surface area contributed by atoms with E-state index < -0.39 is 0 Å². The smallest absolute Gasteiger partial charge is 0.0480 e. The molecule has 1 heterocycles. The van der Waals surface area contributed by atoms with E-state index >= 15 is 0 Å². The summed E-state index contributed by atoms with van der Waals surface area (Å²) in [5, 5.41) is 1.46. The summed E-state index contributed by atoms with van der Waals surface area (Å²) in [6.45, 7) is 9.39. The first kappa shape index (κ1) is 12.8. The Morgan fingerprint density at radius 1 is 1.11 bits per heavy atom. The molecule has 2 unspecified atom stereocenters. The fourth-order valence-corrected chi connectivity index (χ4v) is 3.67. The van der Waals surface area contributed by atoms with Crippen LogP contribution in [-0.4, -0.2) is 4.57 Å². The van der Waals surface area contributed by atoms with E-state index in [4.69, 9.17) is 0 Å². The highest BCUT2D eigenvalue weighted by Gasteiger charge is 2.41. The second-order valence-electron chi connectivity index (χ2n) is 6.83. The molecule has 0 radical (unpaired) electrons. The molecule has 102 valence electrons. The number of hydrogen-bond donors (Lipinski definition) is 0. The number of hydrogen-bond acceptors (Lipinski definition) is 0. The van der Waals surface area contributed by atoms with Crippen molar-refractivity contribution >= 4 is 10.9 Å². The van der Waals surface area contributed by atoms with E-state index in [9.17, 15) is 0 Å². The maximum absolute atomic E-state index is 2.39. The van der Waals surface area contributed by atoms with Gasteiger partial charge >= 0.3 is 0 Å². The molecule has 2 atom stereocenters. The van der Waals surface area contributed by atoms with Crippen molar-refractivity contribution in [1.82, 2.24) is 4.57 Å². The maximum Gasteiger partial charge on any atom is 0.0480 e. The molecule has 1 heteroatoms. The van der Waals surface area contributed by atoms with Crippen LogP contribution in [0.1, 0.15) is 57.1 Å². The predicted octanol–water partition coefficient (Wildman–Crippen LogP) is 5.06. The molecule has 0 amide bonds. The number of rotatable bonds is 3. The van der Waals surface area contributed by atoms with Crippen molar-refractivity contribution in [2.75, 3.05) is 0 Å². The predicted molar refractivity (Wildman–Crippen MR) is 82.7 cm³/mol. The molecule has 0 saturated heterocycles. The van der Waals surface area contributed by atoms with Crippen LogP contribution in [0.4, 0.5) is 0 Å². The molecule has 1 aliphatic rings. The van der Waals surface area contributed by atoms with Crippen LogP contribution in [0, 0.1) is 11.8 Å². The van der Waals surface area contributed by atoms with Crippen molar-refractivity contribution in [3.05, 3.63) is 35.5 Å². The van der Waals surface area contributed by atoms with Crippen molar-refractivity contribution in [2.45, 2.75) is 46.0 Å². The van der Waals surface area contributed by atoms with Gasteiger partial charge in [0.15, 0.2) is 0 Å². The molecule has 19 heavy (non-hydrogen) atoms. The van der Waals surface area contributed by atoms with Gasteiger partial charge in [0, 0.05) is 24.1 Å². The highest BCUT2D eigenvalue weighted by molar-refractivity contribution is 5.85. The summed E-state index contributed by atoms with van der Waals surface area (Å²) in [6, 6.07) is 7.00. The number of benzene rings is 1.